The molecule has 21 heavy (non-hydrogen) atoms. The van der Waals surface area contributed by atoms with Gasteiger partial charge in [0.1, 0.15) is 5.82 Å². The number of rotatable bonds is 5. The molecule has 2 aromatic carbocycles. The van der Waals surface area contributed by atoms with E-state index in [0.29, 0.717) is 11.7 Å². The number of thiocarbonyl (C=S) groups is 1. The van der Waals surface area contributed by atoms with Crippen LogP contribution in [-0.2, 0) is 13.0 Å². The molecule has 0 unspecified atom stereocenters. The Bertz CT molecular complexity index is 579. The van der Waals surface area contributed by atoms with Crippen molar-refractivity contribution in [1.29, 1.82) is 0 Å². The van der Waals surface area contributed by atoms with E-state index in [4.69, 9.17) is 12.2 Å². The summed E-state index contributed by atoms with van der Waals surface area (Å²) in [6.07, 6.45) is 0.812. The molecule has 2 N–H and O–H groups in total. The van der Waals surface area contributed by atoms with Crippen LogP contribution in [0.5, 0.6) is 0 Å². The Labute approximate surface area is 130 Å². The Morgan fingerprint density at radius 1 is 0.952 bits per heavy atom. The molecule has 0 fully saturated rings. The maximum atomic E-state index is 12.8. The predicted octanol–water partition coefficient (Wildman–Crippen LogP) is 3.34. The molecule has 0 aliphatic rings. The average Bonchev–Trinajstić information content (AvgIpc) is 2.49. The van der Waals surface area contributed by atoms with Crippen LogP contribution >= 0.6 is 12.2 Å². The predicted molar refractivity (Wildman–Crippen MR) is 88.7 cm³/mol. The number of benzene rings is 2. The zero-order valence-corrected chi connectivity index (χ0v) is 12.8. The van der Waals surface area contributed by atoms with Gasteiger partial charge in [0.15, 0.2) is 5.11 Å². The van der Waals surface area contributed by atoms with Crippen LogP contribution < -0.4 is 10.6 Å². The van der Waals surface area contributed by atoms with Gasteiger partial charge < -0.3 is 10.6 Å². The smallest absolute Gasteiger partial charge is 0.166 e. The maximum absolute atomic E-state index is 12.8. The Kier molecular flexibility index (Phi) is 5.69. The molecule has 0 atom stereocenters. The van der Waals surface area contributed by atoms with Gasteiger partial charge in [0, 0.05) is 13.1 Å². The van der Waals surface area contributed by atoms with Crippen LogP contribution in [0.1, 0.15) is 16.7 Å². The van der Waals surface area contributed by atoms with E-state index in [1.54, 1.807) is 12.1 Å². The third-order valence-corrected chi connectivity index (χ3v) is 3.47. The summed E-state index contributed by atoms with van der Waals surface area (Å²) >= 11 is 5.23. The lowest BCUT2D eigenvalue weighted by Gasteiger charge is -2.10. The summed E-state index contributed by atoms with van der Waals surface area (Å²) < 4.78 is 12.8. The summed E-state index contributed by atoms with van der Waals surface area (Å²) in [5.41, 5.74) is 3.53. The Morgan fingerprint density at radius 2 is 1.57 bits per heavy atom. The summed E-state index contributed by atoms with van der Waals surface area (Å²) in [7, 11) is 0. The highest BCUT2D eigenvalue weighted by Gasteiger charge is 1.98. The van der Waals surface area contributed by atoms with Crippen molar-refractivity contribution in [2.45, 2.75) is 19.9 Å². The van der Waals surface area contributed by atoms with E-state index in [2.05, 4.69) is 41.8 Å². The van der Waals surface area contributed by atoms with Crippen molar-refractivity contribution in [3.8, 4) is 0 Å². The van der Waals surface area contributed by atoms with Crippen molar-refractivity contribution < 1.29 is 4.39 Å². The van der Waals surface area contributed by atoms with E-state index >= 15 is 0 Å². The fourth-order valence-electron chi connectivity index (χ4n) is 1.92. The van der Waals surface area contributed by atoms with Crippen molar-refractivity contribution in [2.24, 2.45) is 0 Å². The highest BCUT2D eigenvalue weighted by atomic mass is 32.1. The van der Waals surface area contributed by atoms with Crippen LogP contribution in [0.15, 0.2) is 48.5 Å². The molecule has 0 bridgehead atoms. The van der Waals surface area contributed by atoms with Crippen molar-refractivity contribution in [2.75, 3.05) is 6.54 Å². The number of hydrogen-bond acceptors (Lipinski definition) is 1. The van der Waals surface area contributed by atoms with Gasteiger partial charge in [-0.05, 0) is 48.8 Å². The summed E-state index contributed by atoms with van der Waals surface area (Å²) in [6, 6.07) is 14.9. The first kappa shape index (κ1) is 15.4. The molecule has 0 heterocycles. The SMILES string of the molecule is Cc1ccc(CNC(=S)NCCc2ccc(F)cc2)cc1. The summed E-state index contributed by atoms with van der Waals surface area (Å²) in [6.45, 7) is 3.51. The first-order chi connectivity index (χ1) is 10.1. The number of nitrogens with one attached hydrogen (secondary N) is 2. The number of halogens is 1. The normalized spacial score (nSPS) is 10.2. The summed E-state index contributed by atoms with van der Waals surface area (Å²) in [5.74, 6) is -0.206. The van der Waals surface area contributed by atoms with E-state index in [9.17, 15) is 4.39 Å². The van der Waals surface area contributed by atoms with Gasteiger partial charge in [-0.15, -0.1) is 0 Å². The summed E-state index contributed by atoms with van der Waals surface area (Å²) in [5, 5.41) is 6.96. The minimum absolute atomic E-state index is 0.206. The monoisotopic (exact) mass is 302 g/mol. The van der Waals surface area contributed by atoms with Gasteiger partial charge in [-0.25, -0.2) is 4.39 Å². The molecule has 0 amide bonds. The lowest BCUT2D eigenvalue weighted by Crippen LogP contribution is -2.35. The molecule has 2 nitrogen and oxygen atoms in total. The third kappa shape index (κ3) is 5.52. The molecule has 2 rings (SSSR count). The second-order valence-corrected chi connectivity index (χ2v) is 5.38. The minimum atomic E-state index is -0.206. The Balaban J connectivity index is 1.67. The molecule has 4 heteroatoms. The minimum Gasteiger partial charge on any atom is -0.362 e. The first-order valence-corrected chi connectivity index (χ1v) is 7.36. The molecule has 2 aromatic rings. The van der Waals surface area contributed by atoms with Gasteiger partial charge in [0.25, 0.3) is 0 Å². The van der Waals surface area contributed by atoms with E-state index in [1.165, 1.54) is 23.3 Å². The zero-order valence-electron chi connectivity index (χ0n) is 12.0. The van der Waals surface area contributed by atoms with Crippen molar-refractivity contribution in [1.82, 2.24) is 10.6 Å². The molecular formula is C17H19FN2S. The quantitative estimate of drug-likeness (QED) is 0.828. The fraction of sp³-hybridized carbons (Fsp3) is 0.235. The van der Waals surface area contributed by atoms with Crippen molar-refractivity contribution in [3.05, 3.63) is 71.0 Å². The number of aryl methyl sites for hydroxylation is 1. The van der Waals surface area contributed by atoms with Gasteiger partial charge in [0.05, 0.1) is 0 Å². The lowest BCUT2D eigenvalue weighted by molar-refractivity contribution is 0.627. The van der Waals surface area contributed by atoms with E-state index in [-0.39, 0.29) is 5.82 Å². The lowest BCUT2D eigenvalue weighted by atomic mass is 10.1. The van der Waals surface area contributed by atoms with Gasteiger partial charge in [-0.1, -0.05) is 42.0 Å². The van der Waals surface area contributed by atoms with Gasteiger partial charge >= 0.3 is 0 Å². The molecule has 0 aromatic heterocycles. The van der Waals surface area contributed by atoms with E-state index in [0.717, 1.165) is 18.5 Å². The standard InChI is InChI=1S/C17H19FN2S/c1-13-2-4-15(5-3-13)12-20-17(21)19-11-10-14-6-8-16(18)9-7-14/h2-9H,10-12H2,1H3,(H2,19,20,21). The largest absolute Gasteiger partial charge is 0.362 e. The average molecular weight is 302 g/mol. The van der Waals surface area contributed by atoms with E-state index < -0.39 is 0 Å². The van der Waals surface area contributed by atoms with Crippen LogP contribution in [0, 0.1) is 12.7 Å². The first-order valence-electron chi connectivity index (χ1n) is 6.95. The second kappa shape index (κ2) is 7.74. The van der Waals surface area contributed by atoms with Gasteiger partial charge in [-0.3, -0.25) is 0 Å². The summed E-state index contributed by atoms with van der Waals surface area (Å²) in [4.78, 5) is 0. The highest BCUT2D eigenvalue weighted by Crippen LogP contribution is 2.03. The number of hydrogen-bond donors (Lipinski definition) is 2. The third-order valence-electron chi connectivity index (χ3n) is 3.19. The molecule has 0 aliphatic heterocycles. The topological polar surface area (TPSA) is 24.1 Å². The van der Waals surface area contributed by atoms with Crippen LogP contribution in [0.25, 0.3) is 0 Å². The van der Waals surface area contributed by atoms with Gasteiger partial charge in [0.2, 0.25) is 0 Å². The maximum Gasteiger partial charge on any atom is 0.166 e. The zero-order chi connectivity index (χ0) is 15.1. The molecule has 110 valence electrons. The molecule has 0 saturated carbocycles. The molecular weight excluding hydrogens is 283 g/mol. The van der Waals surface area contributed by atoms with Crippen molar-refractivity contribution >= 4 is 17.3 Å². The van der Waals surface area contributed by atoms with Crippen LogP contribution in [-0.4, -0.2) is 11.7 Å². The fourth-order valence-corrected chi connectivity index (χ4v) is 2.10. The molecule has 0 aliphatic carbocycles. The second-order valence-electron chi connectivity index (χ2n) is 4.97. The van der Waals surface area contributed by atoms with Gasteiger partial charge in [-0.2, -0.15) is 0 Å². The van der Waals surface area contributed by atoms with E-state index in [1.807, 2.05) is 0 Å². The molecule has 0 saturated heterocycles. The highest BCUT2D eigenvalue weighted by molar-refractivity contribution is 7.80. The van der Waals surface area contributed by atoms with Crippen LogP contribution in [0.2, 0.25) is 0 Å². The molecule has 0 radical (unpaired) electrons. The van der Waals surface area contributed by atoms with Crippen LogP contribution in [0.3, 0.4) is 0 Å². The Morgan fingerprint density at radius 3 is 2.24 bits per heavy atom. The van der Waals surface area contributed by atoms with Crippen molar-refractivity contribution in [3.63, 3.8) is 0 Å². The van der Waals surface area contributed by atoms with Crippen LogP contribution in [0.4, 0.5) is 4.39 Å². The molecule has 0 spiro atoms. The Hall–Kier alpha value is -1.94.